The summed E-state index contributed by atoms with van der Waals surface area (Å²) >= 11 is 0. The van der Waals surface area contributed by atoms with E-state index in [4.69, 9.17) is 4.84 Å². The summed E-state index contributed by atoms with van der Waals surface area (Å²) in [6.07, 6.45) is 3.61. The Hall–Kier alpha value is -0.500. The molecule has 0 spiro atoms. The molecule has 7 heavy (non-hydrogen) atoms. The van der Waals surface area contributed by atoms with E-state index in [1.807, 2.05) is 19.9 Å². The highest BCUT2D eigenvalue weighted by Crippen LogP contribution is 1.64. The van der Waals surface area contributed by atoms with Crippen LogP contribution in [0.5, 0.6) is 0 Å². The normalized spacial score (nSPS) is 10.0. The van der Waals surface area contributed by atoms with E-state index in [2.05, 4.69) is 5.48 Å². The van der Waals surface area contributed by atoms with Gasteiger partial charge in [-0.25, -0.2) is 0 Å². The van der Waals surface area contributed by atoms with Crippen molar-refractivity contribution >= 4 is 0 Å². The predicted octanol–water partition coefficient (Wildman–Crippen LogP) is 1.06. The predicted molar refractivity (Wildman–Crippen MR) is 29.6 cm³/mol. The van der Waals surface area contributed by atoms with Gasteiger partial charge in [0.15, 0.2) is 0 Å². The van der Waals surface area contributed by atoms with Gasteiger partial charge in [0.25, 0.3) is 0 Å². The summed E-state index contributed by atoms with van der Waals surface area (Å²) in [7, 11) is 0. The molecule has 0 fully saturated rings. The molecular formula is C5H11NO. The van der Waals surface area contributed by atoms with E-state index < -0.39 is 0 Å². The van der Waals surface area contributed by atoms with E-state index >= 15 is 0 Å². The van der Waals surface area contributed by atoms with E-state index in [-0.39, 0.29) is 0 Å². The average Bonchev–Trinajstić information content (AvgIpc) is 1.69. The first-order chi connectivity index (χ1) is 3.41. The summed E-state index contributed by atoms with van der Waals surface area (Å²) < 4.78 is 0. The first-order valence-electron chi connectivity index (χ1n) is 2.40. The fourth-order valence-electron chi connectivity index (χ4n) is 0.199. The SMILES string of the molecule is CC=CNOCC. The van der Waals surface area contributed by atoms with Gasteiger partial charge in [0.2, 0.25) is 0 Å². The highest BCUT2D eigenvalue weighted by atomic mass is 16.6. The largest absolute Gasteiger partial charge is 0.277 e. The van der Waals surface area contributed by atoms with Crippen molar-refractivity contribution in [2.24, 2.45) is 0 Å². The van der Waals surface area contributed by atoms with E-state index in [0.717, 1.165) is 0 Å². The van der Waals surface area contributed by atoms with Crippen molar-refractivity contribution in [3.8, 4) is 0 Å². The summed E-state index contributed by atoms with van der Waals surface area (Å²) in [6, 6.07) is 0. The molecule has 0 bridgehead atoms. The number of hydrogen-bond donors (Lipinski definition) is 1. The third-order valence-corrected chi connectivity index (χ3v) is 0.462. The van der Waals surface area contributed by atoms with E-state index in [1.54, 1.807) is 6.20 Å². The fraction of sp³-hybridized carbons (Fsp3) is 0.600. The highest BCUT2D eigenvalue weighted by Gasteiger charge is 1.66. The van der Waals surface area contributed by atoms with Crippen LogP contribution in [0.15, 0.2) is 12.3 Å². The average molecular weight is 101 g/mol. The third kappa shape index (κ3) is 5.50. The molecular weight excluding hydrogens is 90.1 g/mol. The molecule has 0 aliphatic rings. The van der Waals surface area contributed by atoms with E-state index in [0.29, 0.717) is 6.61 Å². The van der Waals surface area contributed by atoms with Crippen LogP contribution in [-0.4, -0.2) is 6.61 Å². The molecule has 0 aromatic rings. The van der Waals surface area contributed by atoms with Crippen LogP contribution in [0.1, 0.15) is 13.8 Å². The van der Waals surface area contributed by atoms with Crippen LogP contribution in [-0.2, 0) is 4.84 Å². The monoisotopic (exact) mass is 101 g/mol. The van der Waals surface area contributed by atoms with Crippen LogP contribution < -0.4 is 5.48 Å². The molecule has 0 saturated heterocycles. The first kappa shape index (κ1) is 6.50. The molecule has 0 aromatic carbocycles. The van der Waals surface area contributed by atoms with Gasteiger partial charge < -0.3 is 0 Å². The van der Waals surface area contributed by atoms with Gasteiger partial charge >= 0.3 is 0 Å². The maximum absolute atomic E-state index is 4.74. The Kier molecular flexibility index (Phi) is 5.11. The zero-order valence-corrected chi connectivity index (χ0v) is 4.77. The number of hydrogen-bond acceptors (Lipinski definition) is 2. The molecule has 0 radical (unpaired) electrons. The lowest BCUT2D eigenvalue weighted by atomic mass is 10.7. The van der Waals surface area contributed by atoms with Crippen molar-refractivity contribution in [3.05, 3.63) is 12.3 Å². The quantitative estimate of drug-likeness (QED) is 0.424. The van der Waals surface area contributed by atoms with E-state index in [1.165, 1.54) is 0 Å². The second-order valence-corrected chi connectivity index (χ2v) is 1.05. The second-order valence-electron chi connectivity index (χ2n) is 1.05. The third-order valence-electron chi connectivity index (χ3n) is 0.462. The van der Waals surface area contributed by atoms with Gasteiger partial charge in [-0.2, -0.15) is 0 Å². The molecule has 2 nitrogen and oxygen atoms in total. The van der Waals surface area contributed by atoms with Crippen LogP contribution in [0.3, 0.4) is 0 Å². The Morgan fingerprint density at radius 1 is 1.71 bits per heavy atom. The Morgan fingerprint density at radius 2 is 2.43 bits per heavy atom. The van der Waals surface area contributed by atoms with Crippen LogP contribution in [0.25, 0.3) is 0 Å². The molecule has 42 valence electrons. The summed E-state index contributed by atoms with van der Waals surface area (Å²) in [4.78, 5) is 4.74. The molecule has 0 aliphatic carbocycles. The lowest BCUT2D eigenvalue weighted by Gasteiger charge is -1.93. The molecule has 0 rings (SSSR count). The van der Waals surface area contributed by atoms with E-state index in [9.17, 15) is 0 Å². The van der Waals surface area contributed by atoms with Crippen molar-refractivity contribution < 1.29 is 4.84 Å². The Bertz CT molecular complexity index is 52.0. The van der Waals surface area contributed by atoms with Crippen molar-refractivity contribution in [2.75, 3.05) is 6.61 Å². The van der Waals surface area contributed by atoms with Gasteiger partial charge in [0, 0.05) is 6.20 Å². The van der Waals surface area contributed by atoms with Crippen LogP contribution in [0, 0.1) is 0 Å². The van der Waals surface area contributed by atoms with Crippen LogP contribution >= 0.6 is 0 Å². The van der Waals surface area contributed by atoms with Crippen molar-refractivity contribution in [2.45, 2.75) is 13.8 Å². The molecule has 0 aliphatic heterocycles. The molecule has 0 atom stereocenters. The van der Waals surface area contributed by atoms with Crippen molar-refractivity contribution in [1.82, 2.24) is 5.48 Å². The van der Waals surface area contributed by atoms with Crippen LogP contribution in [0.4, 0.5) is 0 Å². The number of allylic oxidation sites excluding steroid dienone is 1. The summed E-state index contributed by atoms with van der Waals surface area (Å²) in [6.45, 7) is 4.55. The molecule has 0 heterocycles. The summed E-state index contributed by atoms with van der Waals surface area (Å²) in [5, 5.41) is 0. The van der Waals surface area contributed by atoms with Gasteiger partial charge in [-0.05, 0) is 13.8 Å². The van der Waals surface area contributed by atoms with Gasteiger partial charge in [-0.15, -0.1) is 0 Å². The molecule has 0 amide bonds. The minimum absolute atomic E-state index is 0.699. The maximum Gasteiger partial charge on any atom is 0.0717 e. The van der Waals surface area contributed by atoms with Gasteiger partial charge in [0.05, 0.1) is 6.61 Å². The number of nitrogens with one attached hydrogen (secondary N) is 1. The Labute approximate surface area is 44.1 Å². The molecule has 0 aromatic heterocycles. The van der Waals surface area contributed by atoms with Crippen LogP contribution in [0.2, 0.25) is 0 Å². The van der Waals surface area contributed by atoms with Crippen molar-refractivity contribution in [3.63, 3.8) is 0 Å². The Balaban J connectivity index is 2.69. The summed E-state index contributed by atoms with van der Waals surface area (Å²) in [5.74, 6) is 0. The minimum atomic E-state index is 0.699. The summed E-state index contributed by atoms with van der Waals surface area (Å²) in [5.41, 5.74) is 2.60. The van der Waals surface area contributed by atoms with Gasteiger partial charge in [-0.3, -0.25) is 10.3 Å². The standard InChI is InChI=1S/C5H11NO/c1-3-5-6-7-4-2/h3,5-6H,4H2,1-2H3. The molecule has 2 heteroatoms. The number of hydroxylamine groups is 1. The van der Waals surface area contributed by atoms with Gasteiger partial charge in [0.1, 0.15) is 0 Å². The fourth-order valence-corrected chi connectivity index (χ4v) is 0.199. The Morgan fingerprint density at radius 3 is 2.86 bits per heavy atom. The minimum Gasteiger partial charge on any atom is -0.277 e. The number of rotatable bonds is 3. The molecule has 0 saturated carbocycles. The highest BCUT2D eigenvalue weighted by molar-refractivity contribution is 4.68. The topological polar surface area (TPSA) is 21.3 Å². The molecule has 0 unspecified atom stereocenters. The van der Waals surface area contributed by atoms with Gasteiger partial charge in [-0.1, -0.05) is 6.08 Å². The second kappa shape index (κ2) is 5.50. The zero-order valence-electron chi connectivity index (χ0n) is 4.77. The zero-order chi connectivity index (χ0) is 5.54. The first-order valence-corrected chi connectivity index (χ1v) is 2.40. The van der Waals surface area contributed by atoms with Crippen molar-refractivity contribution in [1.29, 1.82) is 0 Å². The molecule has 1 N–H and O–H groups in total. The smallest absolute Gasteiger partial charge is 0.0717 e. The lowest BCUT2D eigenvalue weighted by molar-refractivity contribution is 0.0825. The lowest BCUT2D eigenvalue weighted by Crippen LogP contribution is -2.04. The maximum atomic E-state index is 4.74.